The molecule has 3 aliphatic rings. The fourth-order valence-corrected chi connectivity index (χ4v) is 8.33. The lowest BCUT2D eigenvalue weighted by molar-refractivity contribution is -0.276. The fourth-order valence-electron chi connectivity index (χ4n) is 8.33. The molecule has 2 aliphatic heterocycles. The number of benzene rings is 3. The van der Waals surface area contributed by atoms with Crippen molar-refractivity contribution in [3.63, 3.8) is 0 Å². The van der Waals surface area contributed by atoms with Gasteiger partial charge in [0.05, 0.1) is 36.0 Å². The van der Waals surface area contributed by atoms with Crippen LogP contribution in [0.4, 0.5) is 5.69 Å². The molecular formula is C38H44N4O4. The number of amides is 1. The lowest BCUT2D eigenvalue weighted by Crippen LogP contribution is -2.46. The second-order valence-electron chi connectivity index (χ2n) is 14.8. The molecule has 1 saturated carbocycles. The van der Waals surface area contributed by atoms with Crippen molar-refractivity contribution in [2.24, 2.45) is 16.7 Å². The molecule has 2 N–H and O–H groups in total. The third kappa shape index (κ3) is 6.32. The number of carbonyl (C=O) groups excluding carboxylic acids is 1. The summed E-state index contributed by atoms with van der Waals surface area (Å²) in [5.41, 5.74) is 5.89. The van der Waals surface area contributed by atoms with E-state index in [-0.39, 0.29) is 36.3 Å². The van der Waals surface area contributed by atoms with Gasteiger partial charge >= 0.3 is 0 Å². The molecule has 2 saturated heterocycles. The molecule has 3 heterocycles. The number of carbonyl (C=O) groups is 1. The van der Waals surface area contributed by atoms with Gasteiger partial charge in [-0.25, -0.2) is 4.98 Å². The molecule has 0 spiro atoms. The smallest absolute Gasteiger partial charge is 0.275 e. The van der Waals surface area contributed by atoms with Gasteiger partial charge in [0.2, 0.25) is 0 Å². The van der Waals surface area contributed by atoms with Crippen LogP contribution in [0.15, 0.2) is 79.0 Å². The molecule has 8 heteroatoms. The number of anilines is 1. The van der Waals surface area contributed by atoms with E-state index in [1.807, 2.05) is 60.7 Å². The van der Waals surface area contributed by atoms with Gasteiger partial charge in [0.15, 0.2) is 6.29 Å². The summed E-state index contributed by atoms with van der Waals surface area (Å²) in [6, 6.07) is 23.8. The monoisotopic (exact) mass is 620 g/mol. The second-order valence-corrected chi connectivity index (χ2v) is 14.8. The van der Waals surface area contributed by atoms with Crippen LogP contribution in [0.25, 0.3) is 11.0 Å². The summed E-state index contributed by atoms with van der Waals surface area (Å²) < 4.78 is 13.5. The minimum Gasteiger partial charge on any atom is -0.392 e. The second kappa shape index (κ2) is 12.2. The van der Waals surface area contributed by atoms with E-state index in [1.54, 1.807) is 0 Å². The van der Waals surface area contributed by atoms with E-state index < -0.39 is 6.29 Å². The van der Waals surface area contributed by atoms with Crippen LogP contribution >= 0.6 is 0 Å². The molecule has 0 radical (unpaired) electrons. The average Bonchev–Trinajstić information content (AvgIpc) is 3.29. The summed E-state index contributed by atoms with van der Waals surface area (Å²) in [7, 11) is 0. The maximum Gasteiger partial charge on any atom is 0.275 e. The molecule has 1 aliphatic carbocycles. The first kappa shape index (κ1) is 30.9. The van der Waals surface area contributed by atoms with Crippen LogP contribution in [0.3, 0.4) is 0 Å². The van der Waals surface area contributed by atoms with Crippen LogP contribution in [-0.4, -0.2) is 51.1 Å². The number of fused-ring (bicyclic) bond motifs is 3. The van der Waals surface area contributed by atoms with Gasteiger partial charge in [-0.05, 0) is 65.5 Å². The van der Waals surface area contributed by atoms with Crippen molar-refractivity contribution < 1.29 is 19.4 Å². The van der Waals surface area contributed by atoms with E-state index in [4.69, 9.17) is 9.47 Å². The van der Waals surface area contributed by atoms with Crippen LogP contribution in [0, 0.1) is 16.7 Å². The van der Waals surface area contributed by atoms with Gasteiger partial charge in [-0.2, -0.15) is 0 Å². The zero-order valence-electron chi connectivity index (χ0n) is 27.1. The van der Waals surface area contributed by atoms with Crippen molar-refractivity contribution >= 4 is 22.6 Å². The van der Waals surface area contributed by atoms with Crippen molar-refractivity contribution in [1.29, 1.82) is 0 Å². The molecule has 8 nitrogen and oxygen atoms in total. The Bertz CT molecular complexity index is 1710. The average molecular weight is 621 g/mol. The number of para-hydroxylation sites is 2. The predicted octanol–water partition coefficient (Wildman–Crippen LogP) is 7.07. The number of likely N-dealkylation sites (tertiary alicyclic amines) is 1. The van der Waals surface area contributed by atoms with Gasteiger partial charge in [-0.1, -0.05) is 76.2 Å². The van der Waals surface area contributed by atoms with E-state index in [9.17, 15) is 9.90 Å². The Morgan fingerprint density at radius 3 is 2.41 bits per heavy atom. The Labute approximate surface area is 271 Å². The number of hydrogen-bond donors (Lipinski definition) is 2. The Morgan fingerprint density at radius 1 is 0.957 bits per heavy atom. The predicted molar refractivity (Wildman–Crippen MR) is 178 cm³/mol. The zero-order chi connectivity index (χ0) is 32.1. The third-order valence-electron chi connectivity index (χ3n) is 10.2. The summed E-state index contributed by atoms with van der Waals surface area (Å²) in [5, 5.41) is 12.6. The molecule has 7 rings (SSSR count). The first-order chi connectivity index (χ1) is 22.1. The quantitative estimate of drug-likeness (QED) is 0.228. The lowest BCUT2D eigenvalue weighted by atomic mass is 9.65. The molecule has 2 bridgehead atoms. The van der Waals surface area contributed by atoms with Crippen molar-refractivity contribution in [1.82, 2.24) is 14.9 Å². The summed E-state index contributed by atoms with van der Waals surface area (Å²) in [5.74, 6) is -0.191. The standard InChI is InChI=1S/C38H44N4O4/c1-24-33(20-42-23-38(4)18-29(42)17-37(2,3)22-38)45-36(46-34(24)26-11-9-25(21-43)10-12-26)27-13-15-28(16-14-27)40-35(44)32-19-39-30-7-5-6-8-31(30)41-32/h5-16,19,24,29,33-34,36,43H,17-18,20-23H2,1-4H3,(H,40,44)/t24-,29?,33+,34+,36+,38?/m0/s1. The van der Waals surface area contributed by atoms with E-state index in [0.29, 0.717) is 28.1 Å². The van der Waals surface area contributed by atoms with Crippen LogP contribution < -0.4 is 5.32 Å². The van der Waals surface area contributed by atoms with E-state index >= 15 is 0 Å². The van der Waals surface area contributed by atoms with E-state index in [1.165, 1.54) is 25.5 Å². The van der Waals surface area contributed by atoms with Crippen molar-refractivity contribution in [2.45, 2.75) is 78.1 Å². The lowest BCUT2D eigenvalue weighted by Gasteiger charge is -2.43. The van der Waals surface area contributed by atoms with Gasteiger partial charge < -0.3 is 19.9 Å². The van der Waals surface area contributed by atoms with Gasteiger partial charge in [0.1, 0.15) is 5.69 Å². The van der Waals surface area contributed by atoms with Gasteiger partial charge in [0, 0.05) is 36.3 Å². The minimum absolute atomic E-state index is 0.0114. The Hall–Kier alpha value is -3.69. The maximum atomic E-state index is 13.0. The number of nitrogens with one attached hydrogen (secondary N) is 1. The van der Waals surface area contributed by atoms with Gasteiger partial charge in [0.25, 0.3) is 5.91 Å². The Kier molecular flexibility index (Phi) is 8.18. The zero-order valence-corrected chi connectivity index (χ0v) is 27.1. The van der Waals surface area contributed by atoms with Crippen molar-refractivity contribution in [3.8, 4) is 0 Å². The van der Waals surface area contributed by atoms with Gasteiger partial charge in [-0.15, -0.1) is 0 Å². The number of ether oxygens (including phenoxy) is 2. The third-order valence-corrected chi connectivity index (χ3v) is 10.2. The highest BCUT2D eigenvalue weighted by Gasteiger charge is 2.51. The topological polar surface area (TPSA) is 96.8 Å². The first-order valence-corrected chi connectivity index (χ1v) is 16.5. The number of rotatable bonds is 7. The molecule has 3 aromatic carbocycles. The number of nitrogens with zero attached hydrogens (tertiary/aromatic N) is 3. The minimum atomic E-state index is -0.561. The number of aromatic nitrogens is 2. The Morgan fingerprint density at radius 2 is 1.67 bits per heavy atom. The summed E-state index contributed by atoms with van der Waals surface area (Å²) in [4.78, 5) is 24.5. The maximum absolute atomic E-state index is 13.0. The number of aliphatic hydroxyl groups is 1. The molecule has 4 aromatic rings. The molecule has 240 valence electrons. The largest absolute Gasteiger partial charge is 0.392 e. The molecule has 1 amide bonds. The normalized spacial score (nSPS) is 29.1. The Balaban J connectivity index is 1.10. The summed E-state index contributed by atoms with van der Waals surface area (Å²) in [6.07, 6.45) is 4.47. The molecule has 46 heavy (non-hydrogen) atoms. The molecule has 2 unspecified atom stereocenters. The summed E-state index contributed by atoms with van der Waals surface area (Å²) >= 11 is 0. The fraction of sp³-hybridized carbons (Fsp3) is 0.447. The van der Waals surface area contributed by atoms with Crippen molar-refractivity contribution in [2.75, 3.05) is 18.4 Å². The molecule has 6 atom stereocenters. The summed E-state index contributed by atoms with van der Waals surface area (Å²) in [6.45, 7) is 11.5. The van der Waals surface area contributed by atoms with E-state index in [0.717, 1.165) is 35.3 Å². The molecule has 1 aromatic heterocycles. The highest BCUT2D eigenvalue weighted by molar-refractivity contribution is 6.03. The van der Waals surface area contributed by atoms with E-state index in [2.05, 4.69) is 60.0 Å². The van der Waals surface area contributed by atoms with Crippen LogP contribution in [0.5, 0.6) is 0 Å². The first-order valence-electron chi connectivity index (χ1n) is 16.5. The molecular weight excluding hydrogens is 576 g/mol. The highest BCUT2D eigenvalue weighted by Crippen LogP contribution is 2.53. The number of aliphatic hydroxyl groups excluding tert-OH is 1. The SMILES string of the molecule is C[C@H]1[C@@H](CN2CC3(C)CC2CC(C)(C)C3)O[C@@H](c2ccc(NC(=O)c3cnc4ccccc4n3)cc2)O[C@H]1c1ccc(CO)cc1. The highest BCUT2D eigenvalue weighted by atomic mass is 16.7. The number of hydrogen-bond acceptors (Lipinski definition) is 7. The van der Waals surface area contributed by atoms with Crippen LogP contribution in [-0.2, 0) is 16.1 Å². The molecule has 3 fully saturated rings. The van der Waals surface area contributed by atoms with Crippen molar-refractivity contribution in [3.05, 3.63) is 101 Å². The van der Waals surface area contributed by atoms with Gasteiger partial charge in [-0.3, -0.25) is 14.7 Å². The van der Waals surface area contributed by atoms with Crippen LogP contribution in [0.1, 0.15) is 86.5 Å². The van der Waals surface area contributed by atoms with Crippen LogP contribution in [0.2, 0.25) is 0 Å².